The number of fused-ring (bicyclic) bond motifs is 1. The first kappa shape index (κ1) is 12.1. The number of benzene rings is 1. The number of H-pyrrole nitrogens is 1. The lowest BCUT2D eigenvalue weighted by Crippen LogP contribution is -2.32. The number of nitrogens with one attached hydrogen (secondary N) is 1. The number of aromatic nitrogens is 2. The molecule has 0 unspecified atom stereocenters. The predicted molar refractivity (Wildman–Crippen MR) is 65.1 cm³/mol. The van der Waals surface area contributed by atoms with Crippen molar-refractivity contribution in [3.8, 4) is 0 Å². The summed E-state index contributed by atoms with van der Waals surface area (Å²) in [7, 11) is 2.84. The van der Waals surface area contributed by atoms with Crippen molar-refractivity contribution in [2.75, 3.05) is 20.7 Å². The van der Waals surface area contributed by atoms with Crippen LogP contribution in [0, 0.1) is 0 Å². The molecule has 1 heterocycles. The van der Waals surface area contributed by atoms with E-state index in [1.807, 2.05) is 0 Å². The minimum Gasteiger partial charge on any atom is -0.468 e. The lowest BCUT2D eigenvalue weighted by molar-refractivity contribution is -0.141. The molecule has 0 aliphatic carbocycles. The molecule has 2 rings (SSSR count). The van der Waals surface area contributed by atoms with Crippen molar-refractivity contribution >= 4 is 22.8 Å². The second-order valence-electron chi connectivity index (χ2n) is 3.91. The second kappa shape index (κ2) is 4.87. The molecule has 1 N–H and O–H groups in total. The second-order valence-corrected chi connectivity index (χ2v) is 3.91. The summed E-state index contributed by atoms with van der Waals surface area (Å²) in [5, 5.41) is 7.61. The van der Waals surface area contributed by atoms with E-state index in [-0.39, 0.29) is 12.5 Å². The zero-order valence-electron chi connectivity index (χ0n) is 10.1. The molecule has 0 bridgehead atoms. The van der Waals surface area contributed by atoms with Crippen LogP contribution in [0.25, 0.3) is 10.9 Å². The third-order valence-electron chi connectivity index (χ3n) is 2.63. The van der Waals surface area contributed by atoms with Crippen molar-refractivity contribution < 1.29 is 14.3 Å². The molecule has 1 aromatic carbocycles. The molecular formula is C12H13N3O3. The van der Waals surface area contributed by atoms with E-state index in [1.165, 1.54) is 12.0 Å². The average molecular weight is 247 g/mol. The van der Waals surface area contributed by atoms with Crippen LogP contribution < -0.4 is 0 Å². The first-order valence-electron chi connectivity index (χ1n) is 5.37. The molecule has 6 heteroatoms. The molecule has 0 aliphatic rings. The summed E-state index contributed by atoms with van der Waals surface area (Å²) in [6.45, 7) is -0.0731. The van der Waals surface area contributed by atoms with E-state index < -0.39 is 5.97 Å². The van der Waals surface area contributed by atoms with E-state index >= 15 is 0 Å². The number of aromatic amines is 1. The van der Waals surface area contributed by atoms with Crippen LogP contribution in [-0.2, 0) is 9.53 Å². The fraction of sp³-hybridized carbons (Fsp3) is 0.250. The monoisotopic (exact) mass is 247 g/mol. The van der Waals surface area contributed by atoms with Gasteiger partial charge in [-0.1, -0.05) is 6.07 Å². The van der Waals surface area contributed by atoms with Gasteiger partial charge in [-0.05, 0) is 12.1 Å². The Hall–Kier alpha value is -2.37. The summed E-state index contributed by atoms with van der Waals surface area (Å²) >= 11 is 0. The van der Waals surface area contributed by atoms with Gasteiger partial charge in [0.25, 0.3) is 5.91 Å². The van der Waals surface area contributed by atoms with E-state index in [9.17, 15) is 9.59 Å². The van der Waals surface area contributed by atoms with Gasteiger partial charge < -0.3 is 9.64 Å². The maximum atomic E-state index is 12.0. The van der Waals surface area contributed by atoms with Crippen molar-refractivity contribution in [2.45, 2.75) is 0 Å². The first-order valence-corrected chi connectivity index (χ1v) is 5.37. The Morgan fingerprint density at radius 2 is 2.22 bits per heavy atom. The van der Waals surface area contributed by atoms with Gasteiger partial charge in [0.15, 0.2) is 0 Å². The van der Waals surface area contributed by atoms with Crippen LogP contribution in [0.5, 0.6) is 0 Å². The fourth-order valence-electron chi connectivity index (χ4n) is 1.62. The molecule has 0 radical (unpaired) electrons. The Morgan fingerprint density at radius 3 is 2.94 bits per heavy atom. The molecule has 0 fully saturated rings. The van der Waals surface area contributed by atoms with Crippen LogP contribution >= 0.6 is 0 Å². The summed E-state index contributed by atoms with van der Waals surface area (Å²) in [5.74, 6) is -0.689. The lowest BCUT2D eigenvalue weighted by atomic mass is 10.1. The van der Waals surface area contributed by atoms with Crippen LogP contribution in [0.15, 0.2) is 24.4 Å². The molecular weight excluding hydrogens is 234 g/mol. The third kappa shape index (κ3) is 2.32. The molecule has 1 aromatic heterocycles. The van der Waals surface area contributed by atoms with Gasteiger partial charge in [-0.25, -0.2) is 0 Å². The van der Waals surface area contributed by atoms with Gasteiger partial charge in [0.1, 0.15) is 6.54 Å². The van der Waals surface area contributed by atoms with Crippen molar-refractivity contribution in [1.82, 2.24) is 15.1 Å². The quantitative estimate of drug-likeness (QED) is 0.814. The summed E-state index contributed by atoms with van der Waals surface area (Å²) in [6, 6.07) is 5.21. The zero-order valence-corrected chi connectivity index (χ0v) is 10.1. The van der Waals surface area contributed by atoms with E-state index in [0.717, 1.165) is 10.9 Å². The molecule has 1 amide bonds. The Bertz CT molecular complexity index is 591. The number of carbonyl (C=O) groups excluding carboxylic acids is 2. The topological polar surface area (TPSA) is 75.3 Å². The standard InChI is InChI=1S/C12H13N3O3/c1-15(7-11(16)18-2)12(17)8-3-4-9-6-13-14-10(9)5-8/h3-6H,7H2,1-2H3,(H,13,14). The number of esters is 1. The number of likely N-dealkylation sites (N-methyl/N-ethyl adjacent to an activating group) is 1. The Labute approximate surface area is 104 Å². The fourth-order valence-corrected chi connectivity index (χ4v) is 1.62. The highest BCUT2D eigenvalue weighted by Gasteiger charge is 2.15. The van der Waals surface area contributed by atoms with E-state index in [0.29, 0.717) is 5.56 Å². The highest BCUT2D eigenvalue weighted by molar-refractivity contribution is 5.98. The Kier molecular flexibility index (Phi) is 3.27. The van der Waals surface area contributed by atoms with Crippen LogP contribution in [-0.4, -0.2) is 47.7 Å². The normalized spacial score (nSPS) is 10.3. The summed E-state index contributed by atoms with van der Waals surface area (Å²) in [5.41, 5.74) is 1.28. The maximum Gasteiger partial charge on any atom is 0.325 e. The molecule has 2 aromatic rings. The van der Waals surface area contributed by atoms with Crippen LogP contribution in [0.1, 0.15) is 10.4 Å². The number of carbonyl (C=O) groups is 2. The molecule has 0 aliphatic heterocycles. The number of hydrogen-bond acceptors (Lipinski definition) is 4. The minimum absolute atomic E-state index is 0.0731. The molecule has 0 saturated carbocycles. The molecule has 18 heavy (non-hydrogen) atoms. The summed E-state index contributed by atoms with van der Waals surface area (Å²) in [4.78, 5) is 24.5. The number of methoxy groups -OCH3 is 1. The van der Waals surface area contributed by atoms with Crippen LogP contribution in [0.2, 0.25) is 0 Å². The van der Waals surface area contributed by atoms with Gasteiger partial charge in [-0.2, -0.15) is 5.10 Å². The zero-order chi connectivity index (χ0) is 13.1. The van der Waals surface area contributed by atoms with E-state index in [1.54, 1.807) is 31.4 Å². The van der Waals surface area contributed by atoms with Crippen molar-refractivity contribution in [3.05, 3.63) is 30.0 Å². The number of amides is 1. The third-order valence-corrected chi connectivity index (χ3v) is 2.63. The van der Waals surface area contributed by atoms with Crippen molar-refractivity contribution in [3.63, 3.8) is 0 Å². The van der Waals surface area contributed by atoms with Crippen LogP contribution in [0.3, 0.4) is 0 Å². The Balaban J connectivity index is 2.19. The molecule has 0 spiro atoms. The van der Waals surface area contributed by atoms with Gasteiger partial charge in [0, 0.05) is 18.0 Å². The van der Waals surface area contributed by atoms with Crippen LogP contribution in [0.4, 0.5) is 0 Å². The highest BCUT2D eigenvalue weighted by Crippen LogP contribution is 2.14. The molecule has 94 valence electrons. The largest absolute Gasteiger partial charge is 0.468 e. The molecule has 0 atom stereocenters. The lowest BCUT2D eigenvalue weighted by Gasteiger charge is -2.15. The number of nitrogens with zero attached hydrogens (tertiary/aromatic N) is 2. The van der Waals surface area contributed by atoms with E-state index in [2.05, 4.69) is 14.9 Å². The number of rotatable bonds is 3. The SMILES string of the molecule is COC(=O)CN(C)C(=O)c1ccc2cn[nH]c2c1. The first-order chi connectivity index (χ1) is 8.61. The summed E-state index contributed by atoms with van der Waals surface area (Å²) in [6.07, 6.45) is 1.68. The average Bonchev–Trinajstić information content (AvgIpc) is 2.84. The van der Waals surface area contributed by atoms with Gasteiger partial charge in [-0.15, -0.1) is 0 Å². The van der Waals surface area contributed by atoms with Gasteiger partial charge >= 0.3 is 5.97 Å². The smallest absolute Gasteiger partial charge is 0.325 e. The van der Waals surface area contributed by atoms with Gasteiger partial charge in [0.2, 0.25) is 0 Å². The molecule has 0 saturated heterocycles. The van der Waals surface area contributed by atoms with Crippen molar-refractivity contribution in [1.29, 1.82) is 0 Å². The van der Waals surface area contributed by atoms with Gasteiger partial charge in [0.05, 0.1) is 18.8 Å². The summed E-state index contributed by atoms with van der Waals surface area (Å²) < 4.78 is 4.52. The maximum absolute atomic E-state index is 12.0. The highest BCUT2D eigenvalue weighted by atomic mass is 16.5. The number of ether oxygens (including phenoxy) is 1. The van der Waals surface area contributed by atoms with E-state index in [4.69, 9.17) is 0 Å². The van der Waals surface area contributed by atoms with Gasteiger partial charge in [-0.3, -0.25) is 14.7 Å². The van der Waals surface area contributed by atoms with Crippen molar-refractivity contribution in [2.24, 2.45) is 0 Å². The minimum atomic E-state index is -0.450. The number of hydrogen-bond donors (Lipinski definition) is 1. The molecule has 6 nitrogen and oxygen atoms in total. The predicted octanol–water partition coefficient (Wildman–Crippen LogP) is 0.808. The Morgan fingerprint density at radius 1 is 1.44 bits per heavy atom.